The number of fused-ring (bicyclic) bond motifs is 1. The first-order valence-electron chi connectivity index (χ1n) is 9.55. The second-order valence-corrected chi connectivity index (χ2v) is 6.73. The van der Waals surface area contributed by atoms with Crippen molar-refractivity contribution in [1.29, 1.82) is 0 Å². The van der Waals surface area contributed by atoms with E-state index in [1.54, 1.807) is 6.20 Å². The van der Waals surface area contributed by atoms with Crippen LogP contribution in [0, 0.1) is 6.92 Å². The number of nitrogens with zero attached hydrogens (tertiary/aromatic N) is 1. The van der Waals surface area contributed by atoms with Crippen molar-refractivity contribution < 1.29 is 14.3 Å². The van der Waals surface area contributed by atoms with Crippen LogP contribution in [0.15, 0.2) is 66.9 Å². The first-order valence-corrected chi connectivity index (χ1v) is 9.55. The van der Waals surface area contributed by atoms with Crippen LogP contribution in [0.1, 0.15) is 34.3 Å². The van der Waals surface area contributed by atoms with Crippen molar-refractivity contribution >= 4 is 28.5 Å². The highest BCUT2D eigenvalue weighted by Crippen LogP contribution is 2.23. The molecule has 0 atom stereocenters. The fraction of sp³-hybridized carbons (Fsp3) is 0.208. The van der Waals surface area contributed by atoms with Crippen LogP contribution in [0.5, 0.6) is 0 Å². The molecule has 5 nitrogen and oxygen atoms in total. The van der Waals surface area contributed by atoms with Gasteiger partial charge in [-0.15, -0.1) is 0 Å². The molecule has 0 aliphatic rings. The number of hydrogen-bond donors (Lipinski definition) is 1. The fourth-order valence-electron chi connectivity index (χ4n) is 3.24. The number of allylic oxidation sites excluding steroid dienone is 2. The average molecular weight is 388 g/mol. The van der Waals surface area contributed by atoms with Crippen LogP contribution in [0.3, 0.4) is 0 Å². The summed E-state index contributed by atoms with van der Waals surface area (Å²) in [5.74, 6) is -0.381. The van der Waals surface area contributed by atoms with E-state index in [-0.39, 0.29) is 11.9 Å². The lowest BCUT2D eigenvalue weighted by molar-refractivity contribution is -0.140. The number of para-hydroxylation sites is 1. The number of methoxy groups -OCH3 is 1. The zero-order valence-corrected chi connectivity index (χ0v) is 16.6. The Labute approximate surface area is 170 Å². The van der Waals surface area contributed by atoms with Crippen molar-refractivity contribution in [2.45, 2.75) is 26.2 Å². The van der Waals surface area contributed by atoms with E-state index in [1.165, 1.54) is 7.11 Å². The van der Waals surface area contributed by atoms with Crippen LogP contribution >= 0.6 is 0 Å². The molecule has 148 valence electrons. The van der Waals surface area contributed by atoms with Gasteiger partial charge in [-0.2, -0.15) is 0 Å². The summed E-state index contributed by atoms with van der Waals surface area (Å²) in [4.78, 5) is 28.7. The van der Waals surface area contributed by atoms with Crippen LogP contribution in [-0.2, 0) is 16.0 Å². The second-order valence-electron chi connectivity index (χ2n) is 6.73. The van der Waals surface area contributed by atoms with Crippen LogP contribution in [0.25, 0.3) is 10.9 Å². The van der Waals surface area contributed by atoms with Gasteiger partial charge in [0.1, 0.15) is 0 Å². The predicted octanol–water partition coefficient (Wildman–Crippen LogP) is 4.85. The Morgan fingerprint density at radius 2 is 1.86 bits per heavy atom. The second kappa shape index (κ2) is 9.64. The number of rotatable bonds is 7. The van der Waals surface area contributed by atoms with E-state index in [1.807, 2.05) is 67.6 Å². The number of carbonyl (C=O) groups excluding carboxylic acids is 2. The molecule has 0 spiro atoms. The first kappa shape index (κ1) is 20.3. The molecule has 0 aliphatic carbocycles. The molecule has 3 aromatic rings. The number of aromatic nitrogens is 1. The highest BCUT2D eigenvalue weighted by Gasteiger charge is 2.15. The van der Waals surface area contributed by atoms with Gasteiger partial charge in [0.25, 0.3) is 5.91 Å². The summed E-state index contributed by atoms with van der Waals surface area (Å²) < 4.78 is 4.64. The normalized spacial score (nSPS) is 11.0. The third kappa shape index (κ3) is 5.08. The summed E-state index contributed by atoms with van der Waals surface area (Å²) >= 11 is 0. The number of benzene rings is 2. The summed E-state index contributed by atoms with van der Waals surface area (Å²) in [5, 5.41) is 4.00. The third-order valence-electron chi connectivity index (χ3n) is 4.71. The monoisotopic (exact) mass is 388 g/mol. The topological polar surface area (TPSA) is 68.3 Å². The van der Waals surface area contributed by atoms with Crippen molar-refractivity contribution in [3.8, 4) is 0 Å². The Morgan fingerprint density at radius 1 is 1.07 bits per heavy atom. The quantitative estimate of drug-likeness (QED) is 0.464. The molecular weight excluding hydrogens is 364 g/mol. The van der Waals surface area contributed by atoms with E-state index in [2.05, 4.69) is 15.0 Å². The molecule has 0 saturated carbocycles. The van der Waals surface area contributed by atoms with Gasteiger partial charge in [-0.1, -0.05) is 48.6 Å². The van der Waals surface area contributed by atoms with Gasteiger partial charge >= 0.3 is 5.97 Å². The highest BCUT2D eigenvalue weighted by atomic mass is 16.5. The SMILES string of the molecule is COC(=O)CC/C=C/Cc1cccc(C)c1C(=O)Nc1cccc2cccnc12. The Kier molecular flexibility index (Phi) is 6.74. The van der Waals surface area contributed by atoms with E-state index < -0.39 is 0 Å². The molecule has 5 heteroatoms. The van der Waals surface area contributed by atoms with Crippen molar-refractivity contribution in [3.05, 3.63) is 83.6 Å². The van der Waals surface area contributed by atoms with Crippen LogP contribution in [-0.4, -0.2) is 24.0 Å². The maximum absolute atomic E-state index is 13.1. The summed E-state index contributed by atoms with van der Waals surface area (Å²) in [6.45, 7) is 1.93. The molecule has 3 rings (SSSR count). The molecule has 0 fully saturated rings. The largest absolute Gasteiger partial charge is 0.469 e. The van der Waals surface area contributed by atoms with E-state index in [0.29, 0.717) is 30.5 Å². The molecule has 1 amide bonds. The Hall–Kier alpha value is -3.47. The van der Waals surface area contributed by atoms with Gasteiger partial charge in [0, 0.05) is 23.6 Å². The fourth-order valence-corrected chi connectivity index (χ4v) is 3.24. The van der Waals surface area contributed by atoms with Crippen molar-refractivity contribution in [3.63, 3.8) is 0 Å². The first-order chi connectivity index (χ1) is 14.1. The number of hydrogen-bond acceptors (Lipinski definition) is 4. The number of pyridine rings is 1. The van der Waals surface area contributed by atoms with Gasteiger partial charge < -0.3 is 10.1 Å². The maximum Gasteiger partial charge on any atom is 0.305 e. The third-order valence-corrected chi connectivity index (χ3v) is 4.71. The average Bonchev–Trinajstić information content (AvgIpc) is 2.73. The zero-order valence-electron chi connectivity index (χ0n) is 16.6. The van der Waals surface area contributed by atoms with E-state index in [0.717, 1.165) is 22.0 Å². The Bertz CT molecular complexity index is 1050. The van der Waals surface area contributed by atoms with E-state index in [4.69, 9.17) is 0 Å². The summed E-state index contributed by atoms with van der Waals surface area (Å²) in [7, 11) is 1.38. The van der Waals surface area contributed by atoms with Gasteiger partial charge in [-0.05, 0) is 43.0 Å². The number of ether oxygens (including phenoxy) is 1. The molecule has 0 unspecified atom stereocenters. The number of amides is 1. The standard InChI is InChI=1S/C24H24N2O3/c1-17-9-6-11-18(10-4-3-5-15-21(27)29-2)22(17)24(28)26-20-14-7-12-19-13-8-16-25-23(19)20/h3-4,6-9,11-14,16H,5,10,15H2,1-2H3,(H,26,28)/b4-3+. The Balaban J connectivity index is 1.78. The minimum absolute atomic E-state index is 0.154. The molecule has 0 radical (unpaired) electrons. The molecule has 0 aliphatic heterocycles. The minimum atomic E-state index is -0.228. The predicted molar refractivity (Wildman–Crippen MR) is 115 cm³/mol. The maximum atomic E-state index is 13.1. The molecule has 0 saturated heterocycles. The molecule has 29 heavy (non-hydrogen) atoms. The minimum Gasteiger partial charge on any atom is -0.469 e. The summed E-state index contributed by atoms with van der Waals surface area (Å²) in [6.07, 6.45) is 7.21. The van der Waals surface area contributed by atoms with Crippen LogP contribution < -0.4 is 5.32 Å². The van der Waals surface area contributed by atoms with Gasteiger partial charge in [-0.3, -0.25) is 14.6 Å². The van der Waals surface area contributed by atoms with E-state index in [9.17, 15) is 9.59 Å². The number of carbonyl (C=O) groups is 2. The van der Waals surface area contributed by atoms with Gasteiger partial charge in [0.05, 0.1) is 18.3 Å². The molecular formula is C24H24N2O3. The molecule has 1 aromatic heterocycles. The van der Waals surface area contributed by atoms with Crippen molar-refractivity contribution in [2.75, 3.05) is 12.4 Å². The van der Waals surface area contributed by atoms with Crippen LogP contribution in [0.2, 0.25) is 0 Å². The van der Waals surface area contributed by atoms with Crippen LogP contribution in [0.4, 0.5) is 5.69 Å². The lowest BCUT2D eigenvalue weighted by Gasteiger charge is -2.13. The van der Waals surface area contributed by atoms with Gasteiger partial charge in [0.2, 0.25) is 0 Å². The summed E-state index contributed by atoms with van der Waals surface area (Å²) in [5.41, 5.74) is 3.97. The lowest BCUT2D eigenvalue weighted by atomic mass is 9.98. The molecule has 2 aromatic carbocycles. The lowest BCUT2D eigenvalue weighted by Crippen LogP contribution is -2.16. The number of anilines is 1. The van der Waals surface area contributed by atoms with Gasteiger partial charge in [-0.25, -0.2) is 0 Å². The zero-order chi connectivity index (χ0) is 20.6. The number of aryl methyl sites for hydroxylation is 1. The number of nitrogens with one attached hydrogen (secondary N) is 1. The Morgan fingerprint density at radius 3 is 2.69 bits per heavy atom. The van der Waals surface area contributed by atoms with Gasteiger partial charge in [0.15, 0.2) is 0 Å². The number of esters is 1. The smallest absolute Gasteiger partial charge is 0.305 e. The van der Waals surface area contributed by atoms with Crippen molar-refractivity contribution in [2.24, 2.45) is 0 Å². The molecule has 1 N–H and O–H groups in total. The van der Waals surface area contributed by atoms with Crippen molar-refractivity contribution in [1.82, 2.24) is 4.98 Å². The highest BCUT2D eigenvalue weighted by molar-refractivity contribution is 6.09. The molecule has 0 bridgehead atoms. The summed E-state index contributed by atoms with van der Waals surface area (Å²) in [6, 6.07) is 15.4. The van der Waals surface area contributed by atoms with E-state index >= 15 is 0 Å². The molecule has 1 heterocycles.